The van der Waals surface area contributed by atoms with Crippen LogP contribution in [0.15, 0.2) is 36.5 Å². The number of carbonyl (C=O) groups excluding carboxylic acids is 1. The lowest BCUT2D eigenvalue weighted by Gasteiger charge is -2.44. The predicted octanol–water partition coefficient (Wildman–Crippen LogP) is 1.84. The molecule has 2 aliphatic rings. The Bertz CT molecular complexity index is 1110. The molecular weight excluding hydrogens is 366 g/mol. The van der Waals surface area contributed by atoms with Crippen LogP contribution in [0, 0.1) is 19.8 Å². The Kier molecular flexibility index (Phi) is 4.18. The Labute approximate surface area is 169 Å². The molecule has 0 bridgehead atoms. The number of amides is 1. The van der Waals surface area contributed by atoms with E-state index < -0.39 is 5.72 Å². The maximum Gasteiger partial charge on any atom is 0.257 e. The highest BCUT2D eigenvalue weighted by Gasteiger charge is 2.44. The van der Waals surface area contributed by atoms with E-state index in [1.165, 1.54) is 11.1 Å². The van der Waals surface area contributed by atoms with E-state index in [0.29, 0.717) is 18.7 Å². The summed E-state index contributed by atoms with van der Waals surface area (Å²) in [6.07, 6.45) is 3.20. The Balaban J connectivity index is 1.42. The van der Waals surface area contributed by atoms with Crippen LogP contribution < -0.4 is 5.32 Å². The van der Waals surface area contributed by atoms with Gasteiger partial charge in [0.25, 0.3) is 5.91 Å². The molecule has 0 saturated carbocycles. The van der Waals surface area contributed by atoms with Gasteiger partial charge in [-0.3, -0.25) is 10.1 Å². The first-order valence-corrected chi connectivity index (χ1v) is 10.1. The number of aromatic nitrogens is 3. The van der Waals surface area contributed by atoms with Crippen molar-refractivity contribution in [2.24, 2.45) is 5.92 Å². The number of aryl methyl sites for hydroxylation is 2. The molecule has 2 atom stereocenters. The van der Waals surface area contributed by atoms with Gasteiger partial charge in [0.1, 0.15) is 5.72 Å². The van der Waals surface area contributed by atoms with Gasteiger partial charge in [-0.25, -0.2) is 9.50 Å². The number of nitrogens with one attached hydrogen (secondary N) is 1. The van der Waals surface area contributed by atoms with Crippen LogP contribution >= 0.6 is 0 Å². The number of benzene rings is 1. The molecule has 7 nitrogen and oxygen atoms in total. The molecule has 1 saturated heterocycles. The average Bonchev–Trinajstić information content (AvgIpc) is 3.02. The molecule has 2 aromatic heterocycles. The molecule has 0 unspecified atom stereocenters. The number of likely N-dealkylation sites (tertiary alicyclic amines) is 1. The molecule has 4 heterocycles. The van der Waals surface area contributed by atoms with E-state index in [4.69, 9.17) is 0 Å². The van der Waals surface area contributed by atoms with E-state index >= 15 is 0 Å². The van der Waals surface area contributed by atoms with Gasteiger partial charge >= 0.3 is 0 Å². The zero-order valence-corrected chi connectivity index (χ0v) is 16.7. The summed E-state index contributed by atoms with van der Waals surface area (Å²) in [6, 6.07) is 10.2. The molecule has 1 amide bonds. The topological polar surface area (TPSA) is 82.8 Å². The zero-order chi connectivity index (χ0) is 20.2. The summed E-state index contributed by atoms with van der Waals surface area (Å²) in [4.78, 5) is 19.4. The number of hydrogen-bond donors (Lipinski definition) is 2. The second-order valence-corrected chi connectivity index (χ2v) is 8.28. The molecule has 0 aliphatic carbocycles. The van der Waals surface area contributed by atoms with Crippen molar-refractivity contribution in [2.45, 2.75) is 39.0 Å². The number of aliphatic hydroxyl groups is 1. The van der Waals surface area contributed by atoms with Crippen LogP contribution in [0.1, 0.15) is 39.3 Å². The van der Waals surface area contributed by atoms with Crippen molar-refractivity contribution in [1.82, 2.24) is 24.8 Å². The molecule has 1 fully saturated rings. The van der Waals surface area contributed by atoms with Crippen LogP contribution in [0.5, 0.6) is 0 Å². The summed E-state index contributed by atoms with van der Waals surface area (Å²) in [5.41, 5.74) is 4.29. The lowest BCUT2D eigenvalue weighted by atomic mass is 9.83. The molecule has 29 heavy (non-hydrogen) atoms. The first-order valence-electron chi connectivity index (χ1n) is 10.1. The summed E-state index contributed by atoms with van der Waals surface area (Å²) >= 11 is 0. The number of carbonyl (C=O) groups is 1. The molecule has 3 aromatic rings. The molecular formula is C22H25N5O2. The van der Waals surface area contributed by atoms with Crippen molar-refractivity contribution in [3.63, 3.8) is 0 Å². The maximum atomic E-state index is 13.3. The molecule has 2 N–H and O–H groups in total. The van der Waals surface area contributed by atoms with Gasteiger partial charge in [0.2, 0.25) is 0 Å². The smallest absolute Gasteiger partial charge is 0.257 e. The van der Waals surface area contributed by atoms with Crippen molar-refractivity contribution in [2.75, 3.05) is 13.1 Å². The van der Waals surface area contributed by atoms with Gasteiger partial charge in [0.15, 0.2) is 5.65 Å². The fraction of sp³-hybridized carbons (Fsp3) is 0.409. The van der Waals surface area contributed by atoms with E-state index in [1.807, 2.05) is 32.0 Å². The highest BCUT2D eigenvalue weighted by molar-refractivity contribution is 5.95. The molecule has 0 spiro atoms. The number of nitrogens with zero attached hydrogens (tertiary/aromatic N) is 4. The molecule has 0 radical (unpaired) electrons. The molecule has 150 valence electrons. The first kappa shape index (κ1) is 18.3. The van der Waals surface area contributed by atoms with Crippen LogP contribution in [0.3, 0.4) is 0 Å². The van der Waals surface area contributed by atoms with Gasteiger partial charge in [0, 0.05) is 31.3 Å². The van der Waals surface area contributed by atoms with E-state index in [0.717, 1.165) is 29.9 Å². The minimum absolute atomic E-state index is 0.0747. The summed E-state index contributed by atoms with van der Waals surface area (Å²) in [7, 11) is 0. The summed E-state index contributed by atoms with van der Waals surface area (Å²) in [6.45, 7) is 5.28. The van der Waals surface area contributed by atoms with E-state index in [9.17, 15) is 9.90 Å². The van der Waals surface area contributed by atoms with Gasteiger partial charge in [-0.05, 0) is 37.8 Å². The van der Waals surface area contributed by atoms with E-state index in [2.05, 4.69) is 27.5 Å². The Morgan fingerprint density at radius 3 is 2.90 bits per heavy atom. The largest absolute Gasteiger partial charge is 0.374 e. The number of piperidine rings is 1. The summed E-state index contributed by atoms with van der Waals surface area (Å²) in [5, 5.41) is 19.2. The van der Waals surface area contributed by atoms with E-state index in [-0.39, 0.29) is 18.4 Å². The quantitative estimate of drug-likeness (QED) is 0.662. The molecule has 1 aromatic carbocycles. The third-order valence-electron chi connectivity index (χ3n) is 6.39. The number of β-amino-alcohol motifs (C(OH)–C–C–N with tert-alkyl or cyclic N) is 1. The standard InChI is InChI=1S/C22H25N5O2/c1-14-9-20-23-12-19(15(2)27(20)25-14)21(28)26-8-7-18-10-16-5-3-4-6-17(16)11-24-22(18,29)13-26/h3-6,9,12,18,24,29H,7-8,10-11,13H2,1-2H3/t18-,22+/m1/s1. The predicted molar refractivity (Wildman–Crippen MR) is 108 cm³/mol. The second-order valence-electron chi connectivity index (χ2n) is 8.28. The SMILES string of the molecule is Cc1cc2ncc(C(=O)N3CC[C@@H]4Cc5ccccc5CN[C@]4(O)C3)c(C)n2n1. The third-order valence-corrected chi connectivity index (χ3v) is 6.39. The van der Waals surface area contributed by atoms with Crippen molar-refractivity contribution >= 4 is 11.6 Å². The Morgan fingerprint density at radius 1 is 1.28 bits per heavy atom. The molecule has 2 aliphatic heterocycles. The van der Waals surface area contributed by atoms with Gasteiger partial charge in [-0.2, -0.15) is 5.10 Å². The highest BCUT2D eigenvalue weighted by atomic mass is 16.3. The van der Waals surface area contributed by atoms with Gasteiger partial charge in [0.05, 0.1) is 23.5 Å². The van der Waals surface area contributed by atoms with Gasteiger partial charge in [-0.1, -0.05) is 24.3 Å². The minimum atomic E-state index is -1.10. The lowest BCUT2D eigenvalue weighted by Crippen LogP contribution is -2.62. The average molecular weight is 391 g/mol. The van der Waals surface area contributed by atoms with Crippen LogP contribution in [0.2, 0.25) is 0 Å². The molecule has 5 rings (SSSR count). The zero-order valence-electron chi connectivity index (χ0n) is 16.7. The van der Waals surface area contributed by atoms with Gasteiger partial charge < -0.3 is 10.0 Å². The third kappa shape index (κ3) is 3.01. The lowest BCUT2D eigenvalue weighted by molar-refractivity contribution is -0.0923. The van der Waals surface area contributed by atoms with Crippen molar-refractivity contribution in [1.29, 1.82) is 0 Å². The number of hydrogen-bond acceptors (Lipinski definition) is 5. The summed E-state index contributed by atoms with van der Waals surface area (Å²) < 4.78 is 1.71. The second kappa shape index (κ2) is 6.64. The fourth-order valence-corrected chi connectivity index (χ4v) is 4.68. The number of rotatable bonds is 1. The van der Waals surface area contributed by atoms with Crippen molar-refractivity contribution < 1.29 is 9.90 Å². The normalized spacial score (nSPS) is 24.1. The highest BCUT2D eigenvalue weighted by Crippen LogP contribution is 2.33. The Hall–Kier alpha value is -2.77. The maximum absolute atomic E-state index is 13.3. The summed E-state index contributed by atoms with van der Waals surface area (Å²) in [5.74, 6) is -0.0360. The monoisotopic (exact) mass is 391 g/mol. The first-order chi connectivity index (χ1) is 13.9. The Morgan fingerprint density at radius 2 is 2.07 bits per heavy atom. The van der Waals surface area contributed by atoms with Crippen LogP contribution in [-0.2, 0) is 13.0 Å². The van der Waals surface area contributed by atoms with Crippen LogP contribution in [0.4, 0.5) is 0 Å². The van der Waals surface area contributed by atoms with Crippen molar-refractivity contribution in [3.8, 4) is 0 Å². The number of fused-ring (bicyclic) bond motifs is 3. The molecule has 7 heteroatoms. The van der Waals surface area contributed by atoms with Crippen LogP contribution in [0.25, 0.3) is 5.65 Å². The van der Waals surface area contributed by atoms with Crippen molar-refractivity contribution in [3.05, 3.63) is 64.6 Å². The van der Waals surface area contributed by atoms with Crippen LogP contribution in [-0.4, -0.2) is 49.3 Å². The van der Waals surface area contributed by atoms with E-state index in [1.54, 1.807) is 15.6 Å². The van der Waals surface area contributed by atoms with Gasteiger partial charge in [-0.15, -0.1) is 0 Å². The fourth-order valence-electron chi connectivity index (χ4n) is 4.68. The minimum Gasteiger partial charge on any atom is -0.374 e.